The Morgan fingerprint density at radius 1 is 1.10 bits per heavy atom. The molecule has 2 amide bonds. The van der Waals surface area contributed by atoms with Crippen LogP contribution in [0.25, 0.3) is 10.9 Å². The molecular formula is C22H22FN5O2. The zero-order chi connectivity index (χ0) is 21.4. The number of carbonyl (C=O) groups excluding carboxylic acids is 2. The number of primary amides is 1. The molecule has 154 valence electrons. The Hall–Kier alpha value is -3.68. The van der Waals surface area contributed by atoms with Crippen LogP contribution in [-0.2, 0) is 6.54 Å². The summed E-state index contributed by atoms with van der Waals surface area (Å²) in [6.45, 7) is 0.757. The van der Waals surface area contributed by atoms with Crippen molar-refractivity contribution in [2.45, 2.75) is 19.1 Å². The first-order chi connectivity index (χ1) is 14.3. The molecule has 0 aliphatic carbocycles. The van der Waals surface area contributed by atoms with E-state index in [9.17, 15) is 14.0 Å². The number of hydrogen-bond acceptors (Lipinski definition) is 3. The number of nitrogens with two attached hydrogens (primary N) is 2. The van der Waals surface area contributed by atoms with E-state index in [1.807, 2.05) is 10.6 Å². The lowest BCUT2D eigenvalue weighted by atomic mass is 10.1. The molecule has 1 fully saturated rings. The Labute approximate surface area is 172 Å². The standard InChI is InChI=1S/C22H22FN5O2/c23-17-6-7-27(12-17)22(30)19-9-14-4-5-15(20(24)25)10-18(14)28(19)11-13-2-1-3-16(8-13)21(26)29/h1-5,8-10,17H,6-7,11-12H2,(H3,24,25)(H2,26,29). The summed E-state index contributed by atoms with van der Waals surface area (Å²) < 4.78 is 15.5. The summed E-state index contributed by atoms with van der Waals surface area (Å²) in [6, 6.07) is 14.0. The normalized spacial score (nSPS) is 16.2. The summed E-state index contributed by atoms with van der Waals surface area (Å²) in [4.78, 5) is 26.2. The van der Waals surface area contributed by atoms with E-state index >= 15 is 0 Å². The number of nitrogens with zero attached hydrogens (tertiary/aromatic N) is 2. The molecule has 7 nitrogen and oxygen atoms in total. The van der Waals surface area contributed by atoms with Crippen LogP contribution in [0.5, 0.6) is 0 Å². The van der Waals surface area contributed by atoms with Crippen molar-refractivity contribution in [2.24, 2.45) is 11.5 Å². The molecule has 2 heterocycles. The SMILES string of the molecule is N=C(N)c1ccc2cc(C(=O)N3CCC(F)C3)n(Cc3cccc(C(N)=O)c3)c2c1. The number of likely N-dealkylation sites (tertiary alicyclic amines) is 1. The maximum absolute atomic E-state index is 13.7. The third kappa shape index (κ3) is 3.63. The number of aromatic nitrogens is 1. The maximum Gasteiger partial charge on any atom is 0.270 e. The number of carbonyl (C=O) groups is 2. The van der Waals surface area contributed by atoms with Crippen LogP contribution in [0.3, 0.4) is 0 Å². The van der Waals surface area contributed by atoms with Gasteiger partial charge in [0.25, 0.3) is 5.91 Å². The van der Waals surface area contributed by atoms with E-state index in [2.05, 4.69) is 0 Å². The highest BCUT2D eigenvalue weighted by Gasteiger charge is 2.29. The van der Waals surface area contributed by atoms with Gasteiger partial charge in [0.1, 0.15) is 17.7 Å². The summed E-state index contributed by atoms with van der Waals surface area (Å²) in [7, 11) is 0. The smallest absolute Gasteiger partial charge is 0.270 e. The number of nitrogens with one attached hydrogen (secondary N) is 1. The molecule has 1 aromatic heterocycles. The Bertz CT molecular complexity index is 1170. The maximum atomic E-state index is 13.7. The highest BCUT2D eigenvalue weighted by Crippen LogP contribution is 2.26. The molecule has 1 atom stereocenters. The van der Waals surface area contributed by atoms with Gasteiger partial charge in [-0.25, -0.2) is 4.39 Å². The monoisotopic (exact) mass is 407 g/mol. The van der Waals surface area contributed by atoms with Crippen LogP contribution in [0.4, 0.5) is 4.39 Å². The van der Waals surface area contributed by atoms with E-state index in [0.717, 1.165) is 16.5 Å². The van der Waals surface area contributed by atoms with E-state index in [1.165, 1.54) is 4.90 Å². The molecule has 0 bridgehead atoms. The first-order valence-electron chi connectivity index (χ1n) is 9.63. The van der Waals surface area contributed by atoms with Gasteiger partial charge in [0.15, 0.2) is 0 Å². The largest absolute Gasteiger partial charge is 0.384 e. The Balaban J connectivity index is 1.82. The van der Waals surface area contributed by atoms with Crippen LogP contribution in [0, 0.1) is 5.41 Å². The quantitative estimate of drug-likeness (QED) is 0.445. The van der Waals surface area contributed by atoms with E-state index in [0.29, 0.717) is 36.3 Å². The van der Waals surface area contributed by atoms with Crippen LogP contribution in [-0.4, -0.2) is 46.4 Å². The third-order valence-electron chi connectivity index (χ3n) is 5.40. The Morgan fingerprint density at radius 3 is 2.57 bits per heavy atom. The van der Waals surface area contributed by atoms with Gasteiger partial charge in [-0.15, -0.1) is 0 Å². The lowest BCUT2D eigenvalue weighted by Gasteiger charge is -2.18. The number of halogens is 1. The van der Waals surface area contributed by atoms with Crippen LogP contribution < -0.4 is 11.5 Å². The van der Waals surface area contributed by atoms with Crippen molar-refractivity contribution in [1.82, 2.24) is 9.47 Å². The Morgan fingerprint density at radius 2 is 1.90 bits per heavy atom. The molecule has 8 heteroatoms. The molecule has 1 unspecified atom stereocenters. The average molecular weight is 407 g/mol. The first kappa shape index (κ1) is 19.6. The number of alkyl halides is 1. The van der Waals surface area contributed by atoms with Gasteiger partial charge < -0.3 is 20.9 Å². The van der Waals surface area contributed by atoms with Crippen LogP contribution in [0.15, 0.2) is 48.5 Å². The molecule has 0 spiro atoms. The second-order valence-corrected chi connectivity index (χ2v) is 7.50. The summed E-state index contributed by atoms with van der Waals surface area (Å²) in [5, 5.41) is 8.54. The van der Waals surface area contributed by atoms with Crippen molar-refractivity contribution < 1.29 is 14.0 Å². The van der Waals surface area contributed by atoms with Gasteiger partial charge in [-0.2, -0.15) is 0 Å². The average Bonchev–Trinajstić information content (AvgIpc) is 3.31. The van der Waals surface area contributed by atoms with Gasteiger partial charge in [-0.3, -0.25) is 15.0 Å². The number of benzene rings is 2. The van der Waals surface area contributed by atoms with Crippen molar-refractivity contribution in [2.75, 3.05) is 13.1 Å². The highest BCUT2D eigenvalue weighted by molar-refractivity contribution is 6.02. The third-order valence-corrected chi connectivity index (χ3v) is 5.40. The van der Waals surface area contributed by atoms with Gasteiger partial charge in [-0.05, 0) is 36.2 Å². The molecule has 0 saturated carbocycles. The first-order valence-corrected chi connectivity index (χ1v) is 9.63. The zero-order valence-corrected chi connectivity index (χ0v) is 16.3. The van der Waals surface area contributed by atoms with E-state index < -0.39 is 12.1 Å². The van der Waals surface area contributed by atoms with Crippen molar-refractivity contribution in [3.8, 4) is 0 Å². The number of fused-ring (bicyclic) bond motifs is 1. The van der Waals surface area contributed by atoms with Gasteiger partial charge in [0, 0.05) is 35.1 Å². The molecule has 4 rings (SSSR count). The van der Waals surface area contributed by atoms with Gasteiger partial charge in [0.05, 0.1) is 6.54 Å². The summed E-state index contributed by atoms with van der Waals surface area (Å²) in [5.41, 5.74) is 13.9. The molecule has 1 saturated heterocycles. The minimum atomic E-state index is -1.01. The molecule has 1 aliphatic heterocycles. The fraction of sp³-hybridized carbons (Fsp3) is 0.227. The molecule has 1 aliphatic rings. The second kappa shape index (κ2) is 7.62. The fourth-order valence-electron chi connectivity index (χ4n) is 3.84. The van der Waals surface area contributed by atoms with E-state index in [4.69, 9.17) is 16.9 Å². The summed E-state index contributed by atoms with van der Waals surface area (Å²) in [6.07, 6.45) is -0.676. The fourth-order valence-corrected chi connectivity index (χ4v) is 3.84. The summed E-state index contributed by atoms with van der Waals surface area (Å²) in [5.74, 6) is -0.856. The molecule has 0 radical (unpaired) electrons. The van der Waals surface area contributed by atoms with Crippen LogP contribution in [0.2, 0.25) is 0 Å². The minimum absolute atomic E-state index is 0.0759. The topological polar surface area (TPSA) is 118 Å². The molecule has 2 aromatic carbocycles. The van der Waals surface area contributed by atoms with Gasteiger partial charge in [-0.1, -0.05) is 24.3 Å². The predicted octanol–water partition coefficient (Wildman–Crippen LogP) is 2.26. The molecule has 5 N–H and O–H groups in total. The highest BCUT2D eigenvalue weighted by atomic mass is 19.1. The molecule has 3 aromatic rings. The number of rotatable bonds is 5. The van der Waals surface area contributed by atoms with E-state index in [-0.39, 0.29) is 18.3 Å². The lowest BCUT2D eigenvalue weighted by molar-refractivity contribution is 0.0773. The number of amides is 2. The number of amidine groups is 1. The molecule has 30 heavy (non-hydrogen) atoms. The minimum Gasteiger partial charge on any atom is -0.384 e. The van der Waals surface area contributed by atoms with Gasteiger partial charge >= 0.3 is 0 Å². The van der Waals surface area contributed by atoms with Crippen molar-refractivity contribution in [3.63, 3.8) is 0 Å². The van der Waals surface area contributed by atoms with Crippen molar-refractivity contribution >= 4 is 28.6 Å². The zero-order valence-electron chi connectivity index (χ0n) is 16.3. The van der Waals surface area contributed by atoms with Gasteiger partial charge in [0.2, 0.25) is 5.91 Å². The number of hydrogen-bond donors (Lipinski definition) is 3. The van der Waals surface area contributed by atoms with Crippen LogP contribution in [0.1, 0.15) is 38.4 Å². The second-order valence-electron chi connectivity index (χ2n) is 7.50. The Kier molecular flexibility index (Phi) is 4.99. The van der Waals surface area contributed by atoms with Crippen molar-refractivity contribution in [3.05, 3.63) is 70.9 Å². The van der Waals surface area contributed by atoms with Crippen molar-refractivity contribution in [1.29, 1.82) is 5.41 Å². The number of nitrogen functional groups attached to an aromatic ring is 1. The lowest BCUT2D eigenvalue weighted by Crippen LogP contribution is -2.30. The predicted molar refractivity (Wildman–Crippen MR) is 112 cm³/mol. The molecular weight excluding hydrogens is 385 g/mol. The van der Waals surface area contributed by atoms with Crippen LogP contribution >= 0.6 is 0 Å². The van der Waals surface area contributed by atoms with E-state index in [1.54, 1.807) is 42.5 Å². The summed E-state index contributed by atoms with van der Waals surface area (Å²) >= 11 is 0.